The van der Waals surface area contributed by atoms with Crippen molar-refractivity contribution in [2.24, 2.45) is 0 Å². The molecular formula is C10H11N3O3. The number of nitrogens with zero attached hydrogens (tertiary/aromatic N) is 2. The molecule has 16 heavy (non-hydrogen) atoms. The summed E-state index contributed by atoms with van der Waals surface area (Å²) in [6, 6.07) is 5.30. The normalized spacial score (nSPS) is 10.1. The molecule has 0 saturated carbocycles. The van der Waals surface area contributed by atoms with Crippen LogP contribution in [0.25, 0.3) is 11.5 Å². The minimum absolute atomic E-state index is 0.0212. The minimum atomic E-state index is 0.0212. The zero-order chi connectivity index (χ0) is 11.5. The fourth-order valence-electron chi connectivity index (χ4n) is 1.32. The van der Waals surface area contributed by atoms with Crippen molar-refractivity contribution in [2.75, 3.05) is 20.0 Å². The molecule has 6 nitrogen and oxygen atoms in total. The van der Waals surface area contributed by atoms with Crippen LogP contribution < -0.4 is 15.2 Å². The fourth-order valence-corrected chi connectivity index (χ4v) is 1.32. The first-order chi connectivity index (χ1) is 7.74. The topological polar surface area (TPSA) is 83.4 Å². The van der Waals surface area contributed by atoms with E-state index in [9.17, 15) is 0 Å². The molecule has 0 saturated heterocycles. The monoisotopic (exact) mass is 221 g/mol. The maximum absolute atomic E-state index is 5.36. The maximum atomic E-state index is 5.36. The van der Waals surface area contributed by atoms with E-state index in [0.29, 0.717) is 23.0 Å². The number of anilines is 1. The van der Waals surface area contributed by atoms with Gasteiger partial charge in [-0.1, -0.05) is 5.10 Å². The zero-order valence-corrected chi connectivity index (χ0v) is 8.93. The lowest BCUT2D eigenvalue weighted by molar-refractivity contribution is 0.394. The quantitative estimate of drug-likeness (QED) is 0.841. The van der Waals surface area contributed by atoms with E-state index in [1.54, 1.807) is 32.4 Å². The predicted octanol–water partition coefficient (Wildman–Crippen LogP) is 1.34. The first kappa shape index (κ1) is 10.3. The average Bonchev–Trinajstić information content (AvgIpc) is 2.74. The van der Waals surface area contributed by atoms with Crippen molar-refractivity contribution in [2.45, 2.75) is 0 Å². The van der Waals surface area contributed by atoms with Crippen LogP contribution in [0.3, 0.4) is 0 Å². The van der Waals surface area contributed by atoms with E-state index in [4.69, 9.17) is 19.6 Å². The summed E-state index contributed by atoms with van der Waals surface area (Å²) in [5.41, 5.74) is 6.03. The molecule has 0 radical (unpaired) electrons. The third kappa shape index (κ3) is 1.77. The molecule has 0 amide bonds. The lowest BCUT2D eigenvalue weighted by Gasteiger charge is -2.06. The van der Waals surface area contributed by atoms with Crippen molar-refractivity contribution >= 4 is 6.01 Å². The summed E-state index contributed by atoms with van der Waals surface area (Å²) in [6.45, 7) is 0. The highest BCUT2D eigenvalue weighted by Crippen LogP contribution is 2.32. The van der Waals surface area contributed by atoms with Gasteiger partial charge in [-0.05, 0) is 12.1 Å². The third-order valence-corrected chi connectivity index (χ3v) is 2.08. The summed E-state index contributed by atoms with van der Waals surface area (Å²) in [5.74, 6) is 1.59. The molecule has 2 aromatic rings. The van der Waals surface area contributed by atoms with Crippen molar-refractivity contribution < 1.29 is 13.9 Å². The first-order valence-corrected chi connectivity index (χ1v) is 4.56. The Morgan fingerprint density at radius 3 is 2.56 bits per heavy atom. The molecule has 1 aromatic carbocycles. The first-order valence-electron chi connectivity index (χ1n) is 4.56. The van der Waals surface area contributed by atoms with E-state index in [0.717, 1.165) is 0 Å². The van der Waals surface area contributed by atoms with Gasteiger partial charge in [-0.15, -0.1) is 5.10 Å². The van der Waals surface area contributed by atoms with Crippen LogP contribution in [0.4, 0.5) is 6.01 Å². The summed E-state index contributed by atoms with van der Waals surface area (Å²) < 4.78 is 15.4. The molecule has 0 spiro atoms. The summed E-state index contributed by atoms with van der Waals surface area (Å²) in [5, 5.41) is 7.37. The number of hydrogen-bond acceptors (Lipinski definition) is 6. The van der Waals surface area contributed by atoms with Gasteiger partial charge in [-0.25, -0.2) is 0 Å². The van der Waals surface area contributed by atoms with Gasteiger partial charge in [0.05, 0.1) is 19.8 Å². The van der Waals surface area contributed by atoms with Gasteiger partial charge in [0, 0.05) is 6.07 Å². The predicted molar refractivity (Wildman–Crippen MR) is 57.3 cm³/mol. The second-order valence-electron chi connectivity index (χ2n) is 3.01. The number of nitrogen functional groups attached to an aromatic ring is 1. The van der Waals surface area contributed by atoms with E-state index in [1.165, 1.54) is 0 Å². The van der Waals surface area contributed by atoms with Crippen LogP contribution in [0.5, 0.6) is 11.5 Å². The smallest absolute Gasteiger partial charge is 0.313 e. The van der Waals surface area contributed by atoms with Crippen molar-refractivity contribution in [1.82, 2.24) is 10.2 Å². The van der Waals surface area contributed by atoms with E-state index >= 15 is 0 Å². The van der Waals surface area contributed by atoms with Gasteiger partial charge in [-0.2, -0.15) is 0 Å². The highest BCUT2D eigenvalue weighted by Gasteiger charge is 2.13. The Balaban J connectivity index is 2.48. The van der Waals surface area contributed by atoms with Crippen molar-refractivity contribution in [1.29, 1.82) is 0 Å². The standard InChI is InChI=1S/C10H11N3O3/c1-14-6-3-4-7(8(5-6)15-2)9-12-13-10(11)16-9/h3-5H,1-2H3,(H2,11,13). The average molecular weight is 221 g/mol. The molecule has 0 fully saturated rings. The molecule has 0 bridgehead atoms. The highest BCUT2D eigenvalue weighted by atomic mass is 16.5. The van der Waals surface area contributed by atoms with Gasteiger partial charge in [-0.3, -0.25) is 0 Å². The van der Waals surface area contributed by atoms with Crippen LogP contribution in [0.2, 0.25) is 0 Å². The second-order valence-corrected chi connectivity index (χ2v) is 3.01. The van der Waals surface area contributed by atoms with Gasteiger partial charge in [0.25, 0.3) is 5.89 Å². The molecule has 0 atom stereocenters. The largest absolute Gasteiger partial charge is 0.497 e. The molecule has 0 unspecified atom stereocenters. The van der Waals surface area contributed by atoms with Crippen molar-refractivity contribution in [3.63, 3.8) is 0 Å². The summed E-state index contributed by atoms with van der Waals surface area (Å²) in [7, 11) is 3.14. The Bertz CT molecular complexity index is 496. The van der Waals surface area contributed by atoms with Crippen LogP contribution in [0.1, 0.15) is 0 Å². The molecule has 84 valence electrons. The molecule has 2 rings (SSSR count). The SMILES string of the molecule is COc1ccc(-c2nnc(N)o2)c(OC)c1. The van der Waals surface area contributed by atoms with Crippen LogP contribution in [-0.2, 0) is 0 Å². The number of aromatic nitrogens is 2. The summed E-state index contributed by atoms with van der Waals surface area (Å²) in [4.78, 5) is 0. The molecule has 2 N–H and O–H groups in total. The minimum Gasteiger partial charge on any atom is -0.497 e. The number of methoxy groups -OCH3 is 2. The second kappa shape index (κ2) is 4.09. The van der Waals surface area contributed by atoms with Gasteiger partial charge in [0.15, 0.2) is 0 Å². The van der Waals surface area contributed by atoms with Gasteiger partial charge >= 0.3 is 6.01 Å². The van der Waals surface area contributed by atoms with E-state index in [1.807, 2.05) is 0 Å². The Kier molecular flexibility index (Phi) is 2.63. The fraction of sp³-hybridized carbons (Fsp3) is 0.200. The van der Waals surface area contributed by atoms with Crippen molar-refractivity contribution in [3.05, 3.63) is 18.2 Å². The molecule has 6 heteroatoms. The van der Waals surface area contributed by atoms with Gasteiger partial charge in [0.2, 0.25) is 0 Å². The Morgan fingerprint density at radius 2 is 2.00 bits per heavy atom. The molecule has 0 aliphatic rings. The molecule has 1 aromatic heterocycles. The Labute approximate surface area is 92.0 Å². The van der Waals surface area contributed by atoms with E-state index < -0.39 is 0 Å². The number of benzene rings is 1. The van der Waals surface area contributed by atoms with Crippen LogP contribution in [0.15, 0.2) is 22.6 Å². The Morgan fingerprint density at radius 1 is 1.19 bits per heavy atom. The molecule has 1 heterocycles. The van der Waals surface area contributed by atoms with Crippen LogP contribution in [0, 0.1) is 0 Å². The number of ether oxygens (including phenoxy) is 2. The number of hydrogen-bond donors (Lipinski definition) is 1. The molecule has 0 aliphatic heterocycles. The number of nitrogens with two attached hydrogens (primary N) is 1. The van der Waals surface area contributed by atoms with Crippen LogP contribution >= 0.6 is 0 Å². The Hall–Kier alpha value is -2.24. The number of rotatable bonds is 3. The zero-order valence-electron chi connectivity index (χ0n) is 8.93. The lowest BCUT2D eigenvalue weighted by atomic mass is 10.2. The van der Waals surface area contributed by atoms with Crippen LogP contribution in [-0.4, -0.2) is 24.4 Å². The molecular weight excluding hydrogens is 210 g/mol. The maximum Gasteiger partial charge on any atom is 0.313 e. The third-order valence-electron chi connectivity index (χ3n) is 2.08. The summed E-state index contributed by atoms with van der Waals surface area (Å²) >= 11 is 0. The highest BCUT2D eigenvalue weighted by molar-refractivity contribution is 5.64. The van der Waals surface area contributed by atoms with Gasteiger partial charge in [0.1, 0.15) is 11.5 Å². The summed E-state index contributed by atoms with van der Waals surface area (Å²) in [6.07, 6.45) is 0. The molecule has 0 aliphatic carbocycles. The van der Waals surface area contributed by atoms with E-state index in [2.05, 4.69) is 10.2 Å². The lowest BCUT2D eigenvalue weighted by Crippen LogP contribution is -1.90. The van der Waals surface area contributed by atoms with Crippen molar-refractivity contribution in [3.8, 4) is 23.0 Å². The van der Waals surface area contributed by atoms with Gasteiger partial charge < -0.3 is 19.6 Å². The van der Waals surface area contributed by atoms with E-state index in [-0.39, 0.29) is 6.01 Å².